The highest BCUT2D eigenvalue weighted by Crippen LogP contribution is 2.25. The van der Waals surface area contributed by atoms with Crippen molar-refractivity contribution in [2.75, 3.05) is 11.4 Å². The molecule has 0 fully saturated rings. The first-order valence-electron chi connectivity index (χ1n) is 7.17. The largest absolute Gasteiger partial charge is 0.325 e. The van der Waals surface area contributed by atoms with Crippen molar-refractivity contribution in [2.45, 2.75) is 33.1 Å². The van der Waals surface area contributed by atoms with E-state index < -0.39 is 0 Å². The third-order valence-electron chi connectivity index (χ3n) is 3.17. The maximum atomic E-state index is 8.90. The van der Waals surface area contributed by atoms with Crippen molar-refractivity contribution in [1.29, 1.82) is 5.26 Å². The molecule has 0 saturated carbocycles. The molecule has 1 aromatic heterocycles. The molecule has 0 amide bonds. The molecule has 4 nitrogen and oxygen atoms in total. The Bertz CT molecular complexity index is 629. The Hall–Kier alpha value is -2.41. The highest BCUT2D eigenvalue weighted by molar-refractivity contribution is 5.60. The second kappa shape index (κ2) is 6.85. The minimum Gasteiger partial charge on any atom is -0.325 e. The third kappa shape index (κ3) is 3.79. The summed E-state index contributed by atoms with van der Waals surface area (Å²) in [5.74, 6) is 1.97. The number of hydrogen-bond donors (Lipinski definition) is 0. The van der Waals surface area contributed by atoms with Crippen molar-refractivity contribution in [2.24, 2.45) is 0 Å². The molecule has 2 rings (SSSR count). The Morgan fingerprint density at radius 2 is 1.90 bits per heavy atom. The Morgan fingerprint density at radius 3 is 2.52 bits per heavy atom. The van der Waals surface area contributed by atoms with Gasteiger partial charge in [-0.25, -0.2) is 9.97 Å². The zero-order valence-corrected chi connectivity index (χ0v) is 12.7. The summed E-state index contributed by atoms with van der Waals surface area (Å²) in [6, 6.07) is 14.2. The molecule has 21 heavy (non-hydrogen) atoms. The molecule has 0 aliphatic carbocycles. The number of nitriles is 1. The average molecular weight is 280 g/mol. The van der Waals surface area contributed by atoms with Crippen molar-refractivity contribution in [3.63, 3.8) is 0 Å². The van der Waals surface area contributed by atoms with Gasteiger partial charge in [-0.2, -0.15) is 5.26 Å². The lowest BCUT2D eigenvalue weighted by atomic mass is 10.2. The van der Waals surface area contributed by atoms with Crippen LogP contribution in [0.15, 0.2) is 36.4 Å². The van der Waals surface area contributed by atoms with Crippen LogP contribution in [-0.4, -0.2) is 16.5 Å². The van der Waals surface area contributed by atoms with Crippen molar-refractivity contribution in [1.82, 2.24) is 9.97 Å². The minimum absolute atomic E-state index is 0.275. The quantitative estimate of drug-likeness (QED) is 0.831. The summed E-state index contributed by atoms with van der Waals surface area (Å²) < 4.78 is 0. The fraction of sp³-hybridized carbons (Fsp3) is 0.353. The highest BCUT2D eigenvalue weighted by Gasteiger charge is 2.13. The van der Waals surface area contributed by atoms with Gasteiger partial charge in [0.15, 0.2) is 0 Å². The summed E-state index contributed by atoms with van der Waals surface area (Å²) in [5.41, 5.74) is 1.99. The van der Waals surface area contributed by atoms with Gasteiger partial charge in [-0.15, -0.1) is 0 Å². The van der Waals surface area contributed by atoms with E-state index in [1.54, 1.807) is 0 Å². The van der Waals surface area contributed by atoms with Gasteiger partial charge in [0.1, 0.15) is 11.6 Å². The number of benzene rings is 1. The van der Waals surface area contributed by atoms with E-state index in [1.807, 2.05) is 43.3 Å². The topological polar surface area (TPSA) is 52.8 Å². The summed E-state index contributed by atoms with van der Waals surface area (Å²) >= 11 is 0. The van der Waals surface area contributed by atoms with E-state index in [-0.39, 0.29) is 5.92 Å². The Labute approximate surface area is 126 Å². The predicted octanol–water partition coefficient (Wildman–Crippen LogP) is 3.96. The Morgan fingerprint density at radius 1 is 1.19 bits per heavy atom. The predicted molar refractivity (Wildman–Crippen MR) is 84.5 cm³/mol. The molecule has 1 aromatic carbocycles. The molecule has 0 spiro atoms. The number of nitrogens with zero attached hydrogens (tertiary/aromatic N) is 4. The van der Waals surface area contributed by atoms with Crippen molar-refractivity contribution in [3.05, 3.63) is 47.9 Å². The van der Waals surface area contributed by atoms with Gasteiger partial charge >= 0.3 is 0 Å². The first kappa shape index (κ1) is 15.0. The number of rotatable bonds is 5. The number of aromatic nitrogens is 2. The van der Waals surface area contributed by atoms with Crippen LogP contribution in [0.4, 0.5) is 11.5 Å². The van der Waals surface area contributed by atoms with E-state index in [1.165, 1.54) is 0 Å². The normalized spacial score (nSPS) is 10.4. The van der Waals surface area contributed by atoms with Crippen molar-refractivity contribution in [3.8, 4) is 6.07 Å². The monoisotopic (exact) mass is 280 g/mol. The van der Waals surface area contributed by atoms with E-state index in [0.717, 1.165) is 23.0 Å². The van der Waals surface area contributed by atoms with Crippen molar-refractivity contribution < 1.29 is 0 Å². The van der Waals surface area contributed by atoms with Crippen LogP contribution in [0, 0.1) is 18.3 Å². The average Bonchev–Trinajstić information content (AvgIpc) is 2.48. The Kier molecular flexibility index (Phi) is 4.89. The first-order valence-corrected chi connectivity index (χ1v) is 7.17. The third-order valence-corrected chi connectivity index (χ3v) is 3.17. The van der Waals surface area contributed by atoms with Gasteiger partial charge in [0.05, 0.1) is 12.5 Å². The lowest BCUT2D eigenvalue weighted by Gasteiger charge is -2.24. The smallest absolute Gasteiger partial charge is 0.137 e. The van der Waals surface area contributed by atoms with Crippen LogP contribution in [0.3, 0.4) is 0 Å². The van der Waals surface area contributed by atoms with Gasteiger partial charge in [-0.3, -0.25) is 0 Å². The number of anilines is 2. The molecule has 2 aromatic rings. The number of para-hydroxylation sites is 1. The van der Waals surface area contributed by atoms with E-state index in [2.05, 4.69) is 34.8 Å². The molecular formula is C17H20N4. The molecule has 0 aliphatic rings. The SMILES string of the molecule is Cc1cc(N(CCC#N)c2ccccc2)nc(C(C)C)n1. The maximum Gasteiger partial charge on any atom is 0.137 e. The summed E-state index contributed by atoms with van der Waals surface area (Å²) in [4.78, 5) is 11.2. The Balaban J connectivity index is 2.44. The molecule has 0 saturated heterocycles. The van der Waals surface area contributed by atoms with Crippen LogP contribution in [-0.2, 0) is 0 Å². The van der Waals surface area contributed by atoms with Crippen LogP contribution in [0.2, 0.25) is 0 Å². The van der Waals surface area contributed by atoms with Gasteiger partial charge in [0, 0.05) is 29.9 Å². The van der Waals surface area contributed by atoms with Crippen LogP contribution >= 0.6 is 0 Å². The molecule has 4 heteroatoms. The van der Waals surface area contributed by atoms with Gasteiger partial charge < -0.3 is 4.90 Å². The first-order chi connectivity index (χ1) is 10.1. The van der Waals surface area contributed by atoms with E-state index >= 15 is 0 Å². The molecule has 0 atom stereocenters. The second-order valence-corrected chi connectivity index (χ2v) is 5.28. The molecule has 108 valence electrons. The molecule has 0 aliphatic heterocycles. The summed E-state index contributed by atoms with van der Waals surface area (Å²) in [7, 11) is 0. The zero-order chi connectivity index (χ0) is 15.2. The zero-order valence-electron chi connectivity index (χ0n) is 12.7. The van der Waals surface area contributed by atoms with Gasteiger partial charge in [0.25, 0.3) is 0 Å². The van der Waals surface area contributed by atoms with E-state index in [0.29, 0.717) is 13.0 Å². The summed E-state index contributed by atoms with van der Waals surface area (Å²) in [5, 5.41) is 8.90. The molecule has 0 N–H and O–H groups in total. The van der Waals surface area contributed by atoms with Crippen LogP contribution in [0.25, 0.3) is 0 Å². The van der Waals surface area contributed by atoms with Crippen molar-refractivity contribution >= 4 is 11.5 Å². The van der Waals surface area contributed by atoms with Gasteiger partial charge in [-0.1, -0.05) is 32.0 Å². The van der Waals surface area contributed by atoms with E-state index in [4.69, 9.17) is 5.26 Å². The number of hydrogen-bond acceptors (Lipinski definition) is 4. The molecule has 0 unspecified atom stereocenters. The molecular weight excluding hydrogens is 260 g/mol. The molecule has 0 bridgehead atoms. The lowest BCUT2D eigenvalue weighted by Crippen LogP contribution is -2.20. The maximum absolute atomic E-state index is 8.90. The summed E-state index contributed by atoms with van der Waals surface area (Å²) in [6.45, 7) is 6.76. The van der Waals surface area contributed by atoms with Crippen LogP contribution in [0.1, 0.15) is 37.7 Å². The van der Waals surface area contributed by atoms with Gasteiger partial charge in [-0.05, 0) is 19.1 Å². The number of aryl methyl sites for hydroxylation is 1. The van der Waals surface area contributed by atoms with Crippen LogP contribution in [0.5, 0.6) is 0 Å². The van der Waals surface area contributed by atoms with Gasteiger partial charge in [0.2, 0.25) is 0 Å². The molecule has 1 heterocycles. The molecule has 0 radical (unpaired) electrons. The standard InChI is InChI=1S/C17H20N4/c1-13(2)17-19-14(3)12-16(20-17)21(11-7-10-18)15-8-5-4-6-9-15/h4-6,8-9,12-13H,7,11H2,1-3H3. The van der Waals surface area contributed by atoms with E-state index in [9.17, 15) is 0 Å². The van der Waals surface area contributed by atoms with Crippen LogP contribution < -0.4 is 4.90 Å². The highest BCUT2D eigenvalue weighted by atomic mass is 15.2. The fourth-order valence-corrected chi connectivity index (χ4v) is 2.12. The summed E-state index contributed by atoms with van der Waals surface area (Å²) in [6.07, 6.45) is 0.453. The second-order valence-electron chi connectivity index (χ2n) is 5.28. The minimum atomic E-state index is 0.275. The lowest BCUT2D eigenvalue weighted by molar-refractivity contribution is 0.759. The fourth-order valence-electron chi connectivity index (χ4n) is 2.12.